The molecular formula is C11H13Cl2N3O. The van der Waals surface area contributed by atoms with E-state index in [2.05, 4.69) is 15.5 Å². The van der Waals surface area contributed by atoms with Crippen LogP contribution in [0.15, 0.2) is 18.2 Å². The lowest BCUT2D eigenvalue weighted by Gasteiger charge is -2.41. The first-order chi connectivity index (χ1) is 7.75. The van der Waals surface area contributed by atoms with Gasteiger partial charge in [-0.05, 0) is 18.2 Å². The van der Waals surface area contributed by atoms with Gasteiger partial charge in [-0.3, -0.25) is 4.79 Å². The fourth-order valence-electron chi connectivity index (χ4n) is 2.29. The van der Waals surface area contributed by atoms with Gasteiger partial charge in [-0.1, -0.05) is 11.6 Å². The van der Waals surface area contributed by atoms with Crippen molar-refractivity contribution in [3.8, 4) is 0 Å². The van der Waals surface area contributed by atoms with E-state index in [-0.39, 0.29) is 24.4 Å². The van der Waals surface area contributed by atoms with E-state index in [1.165, 1.54) is 0 Å². The van der Waals surface area contributed by atoms with Gasteiger partial charge in [0.2, 0.25) is 5.91 Å². The number of piperazine rings is 1. The summed E-state index contributed by atoms with van der Waals surface area (Å²) in [6, 6.07) is 5.45. The third kappa shape index (κ3) is 2.08. The molecule has 1 aromatic rings. The predicted molar refractivity (Wildman–Crippen MR) is 71.3 cm³/mol. The van der Waals surface area contributed by atoms with E-state index in [4.69, 9.17) is 11.6 Å². The van der Waals surface area contributed by atoms with Crippen LogP contribution in [0.5, 0.6) is 0 Å². The number of halogens is 2. The number of hydrogen-bond donors (Lipinski definition) is 2. The van der Waals surface area contributed by atoms with E-state index in [0.29, 0.717) is 11.6 Å². The molecule has 2 heterocycles. The van der Waals surface area contributed by atoms with Gasteiger partial charge in [-0.2, -0.15) is 0 Å². The number of rotatable bonds is 0. The van der Waals surface area contributed by atoms with Crippen LogP contribution in [-0.4, -0.2) is 31.6 Å². The van der Waals surface area contributed by atoms with Crippen LogP contribution in [0.3, 0.4) is 0 Å². The van der Waals surface area contributed by atoms with Crippen molar-refractivity contribution >= 4 is 41.3 Å². The van der Waals surface area contributed by atoms with E-state index in [1.807, 2.05) is 12.1 Å². The normalized spacial score (nSPS) is 22.1. The first-order valence-electron chi connectivity index (χ1n) is 5.33. The lowest BCUT2D eigenvalue weighted by Crippen LogP contribution is -2.58. The molecule has 4 nitrogen and oxygen atoms in total. The lowest BCUT2D eigenvalue weighted by molar-refractivity contribution is -0.117. The summed E-state index contributed by atoms with van der Waals surface area (Å²) < 4.78 is 0. The molecule has 0 saturated carbocycles. The number of hydrogen-bond acceptors (Lipinski definition) is 3. The Morgan fingerprint density at radius 2 is 2.24 bits per heavy atom. The maximum Gasteiger partial charge on any atom is 0.248 e. The van der Waals surface area contributed by atoms with Crippen molar-refractivity contribution in [2.24, 2.45) is 0 Å². The Labute approximate surface area is 111 Å². The summed E-state index contributed by atoms with van der Waals surface area (Å²) >= 11 is 5.99. The zero-order valence-electron chi connectivity index (χ0n) is 9.07. The molecule has 2 aliphatic rings. The quantitative estimate of drug-likeness (QED) is 0.753. The lowest BCUT2D eigenvalue weighted by atomic mass is 10.1. The monoisotopic (exact) mass is 273 g/mol. The zero-order valence-corrected chi connectivity index (χ0v) is 10.6. The van der Waals surface area contributed by atoms with Crippen molar-refractivity contribution in [1.82, 2.24) is 5.32 Å². The van der Waals surface area contributed by atoms with Gasteiger partial charge in [0.15, 0.2) is 0 Å². The summed E-state index contributed by atoms with van der Waals surface area (Å²) in [5, 5.41) is 6.83. The molecule has 3 rings (SSSR count). The zero-order chi connectivity index (χ0) is 11.1. The third-order valence-electron chi connectivity index (χ3n) is 3.07. The van der Waals surface area contributed by atoms with Crippen LogP contribution in [0.25, 0.3) is 0 Å². The van der Waals surface area contributed by atoms with E-state index in [0.717, 1.165) is 24.5 Å². The predicted octanol–water partition coefficient (Wildman–Crippen LogP) is 1.49. The highest BCUT2D eigenvalue weighted by atomic mass is 35.5. The largest absolute Gasteiger partial charge is 0.355 e. The van der Waals surface area contributed by atoms with Crippen molar-refractivity contribution < 1.29 is 4.79 Å². The minimum atomic E-state index is -0.111. The number of carbonyl (C=O) groups is 1. The second-order valence-electron chi connectivity index (χ2n) is 4.06. The maximum atomic E-state index is 11.9. The Balaban J connectivity index is 0.00000108. The number of anilines is 2. The maximum absolute atomic E-state index is 11.9. The molecule has 0 aromatic heterocycles. The van der Waals surface area contributed by atoms with Gasteiger partial charge in [-0.15, -0.1) is 12.4 Å². The Morgan fingerprint density at radius 3 is 3.06 bits per heavy atom. The Kier molecular flexibility index (Phi) is 3.47. The van der Waals surface area contributed by atoms with Crippen molar-refractivity contribution in [3.63, 3.8) is 0 Å². The molecule has 92 valence electrons. The first kappa shape index (κ1) is 12.5. The highest BCUT2D eigenvalue weighted by Gasteiger charge is 2.34. The number of fused-ring (bicyclic) bond motifs is 3. The molecule has 0 bridgehead atoms. The molecule has 1 aromatic carbocycles. The molecule has 2 N–H and O–H groups in total. The van der Waals surface area contributed by atoms with Crippen molar-refractivity contribution in [2.45, 2.75) is 6.04 Å². The van der Waals surface area contributed by atoms with Gasteiger partial charge in [0.1, 0.15) is 6.04 Å². The average Bonchev–Trinajstić information content (AvgIpc) is 2.31. The van der Waals surface area contributed by atoms with Crippen LogP contribution in [0.2, 0.25) is 5.02 Å². The number of nitrogens with zero attached hydrogens (tertiary/aromatic N) is 1. The first-order valence-corrected chi connectivity index (χ1v) is 5.71. The van der Waals surface area contributed by atoms with Gasteiger partial charge in [0.05, 0.1) is 11.4 Å². The van der Waals surface area contributed by atoms with Crippen LogP contribution in [0.1, 0.15) is 0 Å². The molecule has 0 radical (unpaired) electrons. The van der Waals surface area contributed by atoms with Crippen LogP contribution >= 0.6 is 24.0 Å². The minimum Gasteiger partial charge on any atom is -0.355 e. The molecule has 1 atom stereocenters. The molecule has 1 amide bonds. The van der Waals surface area contributed by atoms with Gasteiger partial charge >= 0.3 is 0 Å². The Bertz CT molecular complexity index is 452. The molecule has 1 saturated heterocycles. The van der Waals surface area contributed by atoms with E-state index >= 15 is 0 Å². The fraction of sp³-hybridized carbons (Fsp3) is 0.364. The molecule has 0 aliphatic carbocycles. The second kappa shape index (κ2) is 4.72. The van der Waals surface area contributed by atoms with E-state index in [9.17, 15) is 4.79 Å². The fourth-order valence-corrected chi connectivity index (χ4v) is 2.46. The van der Waals surface area contributed by atoms with Crippen molar-refractivity contribution in [2.75, 3.05) is 29.9 Å². The molecule has 0 spiro atoms. The second-order valence-corrected chi connectivity index (χ2v) is 4.50. The Hall–Kier alpha value is -0.970. The van der Waals surface area contributed by atoms with E-state index in [1.54, 1.807) is 6.07 Å². The summed E-state index contributed by atoms with van der Waals surface area (Å²) in [5.41, 5.74) is 1.88. The number of amides is 1. The number of benzene rings is 1. The molecule has 1 fully saturated rings. The topological polar surface area (TPSA) is 44.4 Å². The third-order valence-corrected chi connectivity index (χ3v) is 3.31. The van der Waals surface area contributed by atoms with Crippen molar-refractivity contribution in [1.29, 1.82) is 0 Å². The summed E-state index contributed by atoms with van der Waals surface area (Å²) in [7, 11) is 0. The molecule has 6 heteroatoms. The molecule has 2 aliphatic heterocycles. The van der Waals surface area contributed by atoms with Gasteiger partial charge in [0.25, 0.3) is 0 Å². The van der Waals surface area contributed by atoms with Crippen molar-refractivity contribution in [3.05, 3.63) is 23.2 Å². The molecule has 1 unspecified atom stereocenters. The smallest absolute Gasteiger partial charge is 0.248 e. The summed E-state index contributed by atoms with van der Waals surface area (Å²) in [6.45, 7) is 2.43. The van der Waals surface area contributed by atoms with Crippen LogP contribution in [-0.2, 0) is 4.79 Å². The minimum absolute atomic E-state index is 0. The van der Waals surface area contributed by atoms with Crippen LogP contribution in [0.4, 0.5) is 11.4 Å². The van der Waals surface area contributed by atoms with Gasteiger partial charge in [-0.25, -0.2) is 0 Å². The SMILES string of the molecule is Cl.O=C1Nc2ccc(Cl)cc2N2CCNCC12. The average molecular weight is 274 g/mol. The highest BCUT2D eigenvalue weighted by Crippen LogP contribution is 2.34. The van der Waals surface area contributed by atoms with Gasteiger partial charge in [0, 0.05) is 24.7 Å². The number of nitrogens with one attached hydrogen (secondary N) is 2. The summed E-state index contributed by atoms with van der Waals surface area (Å²) in [6.07, 6.45) is 0. The Morgan fingerprint density at radius 1 is 1.41 bits per heavy atom. The molecule has 17 heavy (non-hydrogen) atoms. The standard InChI is InChI=1S/C11H12ClN3O.ClH/c12-7-1-2-8-9(5-7)15-4-3-13-6-10(15)11(16)14-8;/h1-2,5,10,13H,3-4,6H2,(H,14,16);1H. The molecular weight excluding hydrogens is 261 g/mol. The van der Waals surface area contributed by atoms with E-state index < -0.39 is 0 Å². The summed E-state index contributed by atoms with van der Waals surface area (Å²) in [4.78, 5) is 14.0. The highest BCUT2D eigenvalue weighted by molar-refractivity contribution is 6.31. The van der Waals surface area contributed by atoms with Gasteiger partial charge < -0.3 is 15.5 Å². The van der Waals surface area contributed by atoms with Crippen LogP contribution < -0.4 is 15.5 Å². The number of carbonyl (C=O) groups excluding carboxylic acids is 1. The van der Waals surface area contributed by atoms with Crippen LogP contribution in [0, 0.1) is 0 Å². The summed E-state index contributed by atoms with van der Waals surface area (Å²) in [5.74, 6) is 0.0574.